The predicted molar refractivity (Wildman–Crippen MR) is 246 cm³/mol. The molecule has 0 aliphatic carbocycles. The number of ether oxygens (including phenoxy) is 1. The standard InChI is InChI=1S/C50H39N5O5S2/c1-33-42(31-51)50(62-44(33)48(58)52-38-21-12-5-13-22-38)55-49(59)45(36-17-8-3-9-18-36)61-41-24-14-23-39(30-41)53-47(57)43(54-46(56)37-19-10-4-11-20-37)29-34-25-27-40(28-26-34)60-32-35-15-6-2-7-16-35/h2-30,45H,32H2,1H3,(H,52,58)(H,53,57)(H,54,56)(H,55,59)/b43-29+. The lowest BCUT2D eigenvalue weighted by Gasteiger charge is -2.17. The average Bonchev–Trinajstić information content (AvgIpc) is 3.62. The lowest BCUT2D eigenvalue weighted by molar-refractivity contribution is -0.116. The normalized spacial score (nSPS) is 11.4. The fourth-order valence-electron chi connectivity index (χ4n) is 6.23. The van der Waals surface area contributed by atoms with Gasteiger partial charge in [0.2, 0.25) is 5.91 Å². The van der Waals surface area contributed by atoms with Gasteiger partial charge in [-0.15, -0.1) is 23.1 Å². The molecule has 306 valence electrons. The van der Waals surface area contributed by atoms with Crippen molar-refractivity contribution in [1.29, 1.82) is 5.26 Å². The molecule has 10 nitrogen and oxygen atoms in total. The van der Waals surface area contributed by atoms with E-state index in [1.54, 1.807) is 110 Å². The minimum atomic E-state index is -0.794. The first-order chi connectivity index (χ1) is 30.2. The predicted octanol–water partition coefficient (Wildman–Crippen LogP) is 10.6. The zero-order valence-corrected chi connectivity index (χ0v) is 35.0. The summed E-state index contributed by atoms with van der Waals surface area (Å²) in [6.45, 7) is 2.08. The molecule has 4 N–H and O–H groups in total. The molecule has 0 saturated carbocycles. The largest absolute Gasteiger partial charge is 0.489 e. The molecule has 0 bridgehead atoms. The molecule has 0 aliphatic rings. The summed E-state index contributed by atoms with van der Waals surface area (Å²) >= 11 is 2.29. The molecule has 62 heavy (non-hydrogen) atoms. The second-order valence-electron chi connectivity index (χ2n) is 13.8. The summed E-state index contributed by atoms with van der Waals surface area (Å²) < 4.78 is 5.93. The van der Waals surface area contributed by atoms with Gasteiger partial charge in [-0.1, -0.05) is 115 Å². The van der Waals surface area contributed by atoms with Crippen molar-refractivity contribution in [3.8, 4) is 11.8 Å². The molecule has 0 aliphatic heterocycles. The van der Waals surface area contributed by atoms with Crippen molar-refractivity contribution in [2.75, 3.05) is 16.0 Å². The highest BCUT2D eigenvalue weighted by atomic mass is 32.2. The first-order valence-electron chi connectivity index (χ1n) is 19.4. The molecule has 1 unspecified atom stereocenters. The number of hydrogen-bond acceptors (Lipinski definition) is 8. The monoisotopic (exact) mass is 853 g/mol. The highest BCUT2D eigenvalue weighted by Crippen LogP contribution is 2.39. The number of carbonyl (C=O) groups excluding carboxylic acids is 4. The number of para-hydroxylation sites is 1. The third kappa shape index (κ3) is 11.1. The smallest absolute Gasteiger partial charge is 0.272 e. The van der Waals surface area contributed by atoms with Gasteiger partial charge in [0.05, 0.1) is 10.4 Å². The van der Waals surface area contributed by atoms with Crippen molar-refractivity contribution in [2.24, 2.45) is 0 Å². The van der Waals surface area contributed by atoms with Crippen molar-refractivity contribution in [3.05, 3.63) is 214 Å². The van der Waals surface area contributed by atoms with Crippen LogP contribution in [0.25, 0.3) is 6.08 Å². The molecule has 0 spiro atoms. The van der Waals surface area contributed by atoms with Gasteiger partial charge in [0.15, 0.2) is 0 Å². The van der Waals surface area contributed by atoms with E-state index in [4.69, 9.17) is 4.74 Å². The number of amides is 4. The topological polar surface area (TPSA) is 149 Å². The third-order valence-electron chi connectivity index (χ3n) is 9.39. The summed E-state index contributed by atoms with van der Waals surface area (Å²) in [4.78, 5) is 55.7. The minimum Gasteiger partial charge on any atom is -0.489 e. The Balaban J connectivity index is 1.09. The zero-order chi connectivity index (χ0) is 43.3. The van der Waals surface area contributed by atoms with Crippen LogP contribution in [-0.4, -0.2) is 23.6 Å². The second kappa shape index (κ2) is 20.5. The van der Waals surface area contributed by atoms with E-state index in [0.717, 1.165) is 16.9 Å². The number of carbonyl (C=O) groups is 4. The van der Waals surface area contributed by atoms with Gasteiger partial charge < -0.3 is 26.0 Å². The van der Waals surface area contributed by atoms with Crippen molar-refractivity contribution in [1.82, 2.24) is 5.32 Å². The number of rotatable bonds is 15. The Morgan fingerprint density at radius 2 is 1.34 bits per heavy atom. The SMILES string of the molecule is Cc1c(C(=O)Nc2ccccc2)sc(NC(=O)C(Sc2cccc(NC(=O)/C(=C\c3ccc(OCc4ccccc4)cc3)NC(=O)c3ccccc3)c2)c2ccccc2)c1C#N. The summed E-state index contributed by atoms with van der Waals surface area (Å²) in [5.74, 6) is -1.17. The summed E-state index contributed by atoms with van der Waals surface area (Å²) in [7, 11) is 0. The molecule has 1 aromatic heterocycles. The Bertz CT molecular complexity index is 2750. The van der Waals surface area contributed by atoms with Gasteiger partial charge in [0, 0.05) is 21.8 Å². The van der Waals surface area contributed by atoms with Crippen LogP contribution >= 0.6 is 23.1 Å². The van der Waals surface area contributed by atoms with E-state index in [2.05, 4.69) is 27.3 Å². The van der Waals surface area contributed by atoms with Crippen LogP contribution in [0.1, 0.15) is 53.1 Å². The summed E-state index contributed by atoms with van der Waals surface area (Å²) in [6, 6.07) is 52.9. The van der Waals surface area contributed by atoms with Crippen molar-refractivity contribution in [3.63, 3.8) is 0 Å². The summed E-state index contributed by atoms with van der Waals surface area (Å²) in [5, 5.41) is 21.0. The van der Waals surface area contributed by atoms with Gasteiger partial charge in [-0.25, -0.2) is 0 Å². The Labute approximate surface area is 367 Å². The minimum absolute atomic E-state index is 0.00719. The number of anilines is 3. The first kappa shape index (κ1) is 42.4. The van der Waals surface area contributed by atoms with E-state index in [1.807, 2.05) is 72.8 Å². The lowest BCUT2D eigenvalue weighted by Crippen LogP contribution is -2.30. The second-order valence-corrected chi connectivity index (χ2v) is 16.0. The fourth-order valence-corrected chi connectivity index (χ4v) is 8.37. The van der Waals surface area contributed by atoms with Crippen LogP contribution in [0.5, 0.6) is 5.75 Å². The summed E-state index contributed by atoms with van der Waals surface area (Å²) in [6.07, 6.45) is 1.59. The lowest BCUT2D eigenvalue weighted by atomic mass is 10.1. The highest BCUT2D eigenvalue weighted by Gasteiger charge is 2.27. The molecule has 6 aromatic carbocycles. The average molecular weight is 854 g/mol. The van der Waals surface area contributed by atoms with Gasteiger partial charge in [0.1, 0.15) is 34.4 Å². The van der Waals surface area contributed by atoms with Gasteiger partial charge in [0.25, 0.3) is 17.7 Å². The van der Waals surface area contributed by atoms with Crippen LogP contribution in [0.3, 0.4) is 0 Å². The molecule has 1 heterocycles. The van der Waals surface area contributed by atoms with E-state index < -0.39 is 23.0 Å². The van der Waals surface area contributed by atoms with Crippen LogP contribution in [0.4, 0.5) is 16.4 Å². The van der Waals surface area contributed by atoms with Gasteiger partial charge >= 0.3 is 0 Å². The zero-order valence-electron chi connectivity index (χ0n) is 33.3. The fraction of sp³-hybridized carbons (Fsp3) is 0.0600. The van der Waals surface area contributed by atoms with Crippen LogP contribution in [0.15, 0.2) is 180 Å². The Morgan fingerprint density at radius 1 is 0.710 bits per heavy atom. The maximum atomic E-state index is 14.2. The van der Waals surface area contributed by atoms with Crippen LogP contribution in [0.2, 0.25) is 0 Å². The number of nitrogens with zero attached hydrogens (tertiary/aromatic N) is 1. The highest BCUT2D eigenvalue weighted by molar-refractivity contribution is 8.00. The van der Waals surface area contributed by atoms with E-state index in [9.17, 15) is 24.4 Å². The first-order valence-corrected chi connectivity index (χ1v) is 21.1. The maximum Gasteiger partial charge on any atom is 0.272 e. The number of nitriles is 1. The van der Waals surface area contributed by atoms with Crippen molar-refractivity contribution < 1.29 is 23.9 Å². The van der Waals surface area contributed by atoms with E-state index in [1.165, 1.54) is 11.8 Å². The third-order valence-corrected chi connectivity index (χ3v) is 11.8. The Hall–Kier alpha value is -7.72. The van der Waals surface area contributed by atoms with E-state index >= 15 is 0 Å². The molecule has 12 heteroatoms. The molecule has 4 amide bonds. The molecule has 0 fully saturated rings. The molecule has 0 saturated heterocycles. The van der Waals surface area contributed by atoms with E-state index in [-0.39, 0.29) is 22.2 Å². The van der Waals surface area contributed by atoms with Crippen molar-refractivity contribution in [2.45, 2.75) is 23.7 Å². The van der Waals surface area contributed by atoms with Gasteiger partial charge in [-0.3, -0.25) is 19.2 Å². The maximum absolute atomic E-state index is 14.2. The van der Waals surface area contributed by atoms with Crippen LogP contribution < -0.4 is 26.0 Å². The quantitative estimate of drug-likeness (QED) is 0.0592. The number of benzene rings is 6. The van der Waals surface area contributed by atoms with Crippen LogP contribution in [-0.2, 0) is 16.2 Å². The molecule has 1 atom stereocenters. The van der Waals surface area contributed by atoms with Gasteiger partial charge in [-0.2, -0.15) is 5.26 Å². The molecule has 7 rings (SSSR count). The molecular weight excluding hydrogens is 815 g/mol. The number of thiophene rings is 1. The number of nitrogens with one attached hydrogen (secondary N) is 4. The van der Waals surface area contributed by atoms with Crippen molar-refractivity contribution >= 4 is 69.2 Å². The Kier molecular flexibility index (Phi) is 14.0. The molecule has 7 aromatic rings. The van der Waals surface area contributed by atoms with E-state index in [0.29, 0.717) is 55.8 Å². The Morgan fingerprint density at radius 3 is 2.02 bits per heavy atom. The summed E-state index contributed by atoms with van der Waals surface area (Å²) in [5.41, 5.74) is 4.47. The number of hydrogen-bond donors (Lipinski definition) is 4. The van der Waals surface area contributed by atoms with Gasteiger partial charge in [-0.05, 0) is 89.9 Å². The number of thioether (sulfide) groups is 1. The molecular formula is C50H39N5O5S2. The molecule has 0 radical (unpaired) electrons. The van der Waals surface area contributed by atoms with Crippen LogP contribution in [0, 0.1) is 18.3 Å².